The zero-order chi connectivity index (χ0) is 10.8. The van der Waals surface area contributed by atoms with Gasteiger partial charge in [0, 0.05) is 5.39 Å². The molecule has 0 spiro atoms. The third-order valence-corrected chi connectivity index (χ3v) is 2.07. The average molecular weight is 207 g/mol. The molecule has 0 unspecified atom stereocenters. The summed E-state index contributed by atoms with van der Waals surface area (Å²) in [7, 11) is 1.69. The maximum Gasteiger partial charge on any atom is 0.192 e. The predicted molar refractivity (Wildman–Crippen MR) is 54.3 cm³/mol. The zero-order valence-corrected chi connectivity index (χ0v) is 8.17. The van der Waals surface area contributed by atoms with Crippen LogP contribution in [0.3, 0.4) is 0 Å². The first-order chi connectivity index (χ1) is 7.20. The fourth-order valence-corrected chi connectivity index (χ4v) is 1.39. The standard InChI is InChI=1S/C10H10FN3O/c1-12-5-9(15)8-3-6-2-7(11)4-13-10(6)14-8/h2-4,12H,5H2,1H3,(H,13,14). The van der Waals surface area contributed by atoms with E-state index in [2.05, 4.69) is 15.3 Å². The number of H-pyrrole nitrogens is 1. The minimum absolute atomic E-state index is 0.0732. The molecular weight excluding hydrogens is 197 g/mol. The molecular formula is C10H10FN3O. The summed E-state index contributed by atoms with van der Waals surface area (Å²) in [5.41, 5.74) is 0.966. The lowest BCUT2D eigenvalue weighted by Crippen LogP contribution is -2.18. The summed E-state index contributed by atoms with van der Waals surface area (Å²) in [6.45, 7) is 0.245. The molecule has 5 heteroatoms. The van der Waals surface area contributed by atoms with Gasteiger partial charge >= 0.3 is 0 Å². The van der Waals surface area contributed by atoms with E-state index in [9.17, 15) is 9.18 Å². The van der Waals surface area contributed by atoms with E-state index in [1.54, 1.807) is 13.1 Å². The van der Waals surface area contributed by atoms with E-state index in [1.165, 1.54) is 6.07 Å². The van der Waals surface area contributed by atoms with E-state index in [1.807, 2.05) is 0 Å². The van der Waals surface area contributed by atoms with Gasteiger partial charge in [-0.05, 0) is 19.2 Å². The Bertz CT molecular complexity index is 506. The van der Waals surface area contributed by atoms with Gasteiger partial charge in [0.15, 0.2) is 5.78 Å². The molecule has 2 aromatic rings. The highest BCUT2D eigenvalue weighted by Gasteiger charge is 2.09. The summed E-state index contributed by atoms with van der Waals surface area (Å²) >= 11 is 0. The van der Waals surface area contributed by atoms with Gasteiger partial charge in [-0.1, -0.05) is 0 Å². The highest BCUT2D eigenvalue weighted by molar-refractivity contribution is 5.99. The Morgan fingerprint density at radius 2 is 2.40 bits per heavy atom. The van der Waals surface area contributed by atoms with Crippen LogP contribution in [0.15, 0.2) is 18.3 Å². The molecule has 0 radical (unpaired) electrons. The molecule has 4 nitrogen and oxygen atoms in total. The lowest BCUT2D eigenvalue weighted by Gasteiger charge is -1.94. The number of hydrogen-bond donors (Lipinski definition) is 2. The number of fused-ring (bicyclic) bond motifs is 1. The van der Waals surface area contributed by atoms with Gasteiger partial charge in [-0.3, -0.25) is 4.79 Å². The summed E-state index contributed by atoms with van der Waals surface area (Å²) in [5.74, 6) is -0.481. The highest BCUT2D eigenvalue weighted by atomic mass is 19.1. The van der Waals surface area contributed by atoms with E-state index in [-0.39, 0.29) is 12.3 Å². The van der Waals surface area contributed by atoms with Gasteiger partial charge in [0.2, 0.25) is 0 Å². The molecule has 0 saturated heterocycles. The molecule has 2 rings (SSSR count). The summed E-state index contributed by atoms with van der Waals surface area (Å²) in [4.78, 5) is 18.2. The van der Waals surface area contributed by atoms with E-state index >= 15 is 0 Å². The monoisotopic (exact) mass is 207 g/mol. The number of hydrogen-bond acceptors (Lipinski definition) is 3. The van der Waals surface area contributed by atoms with E-state index in [0.717, 1.165) is 6.20 Å². The van der Waals surface area contributed by atoms with Crippen molar-refractivity contribution in [2.75, 3.05) is 13.6 Å². The van der Waals surface area contributed by atoms with Crippen molar-refractivity contribution in [3.63, 3.8) is 0 Å². The first-order valence-corrected chi connectivity index (χ1v) is 4.53. The second-order valence-corrected chi connectivity index (χ2v) is 3.23. The van der Waals surface area contributed by atoms with E-state index < -0.39 is 5.82 Å². The van der Waals surface area contributed by atoms with Crippen molar-refractivity contribution < 1.29 is 9.18 Å². The van der Waals surface area contributed by atoms with E-state index in [4.69, 9.17) is 0 Å². The number of carbonyl (C=O) groups is 1. The molecule has 2 heterocycles. The Kier molecular flexibility index (Phi) is 2.47. The molecule has 15 heavy (non-hydrogen) atoms. The molecule has 78 valence electrons. The number of aromatic amines is 1. The van der Waals surface area contributed by atoms with Crippen molar-refractivity contribution in [3.05, 3.63) is 29.8 Å². The van der Waals surface area contributed by atoms with Crippen LogP contribution in [-0.2, 0) is 0 Å². The summed E-state index contributed by atoms with van der Waals surface area (Å²) in [5, 5.41) is 3.36. The molecule has 2 aromatic heterocycles. The maximum absolute atomic E-state index is 12.8. The van der Waals surface area contributed by atoms with Gasteiger partial charge in [0.05, 0.1) is 18.4 Å². The number of likely N-dealkylation sites (N-methyl/N-ethyl adjacent to an activating group) is 1. The summed E-state index contributed by atoms with van der Waals surface area (Å²) in [6, 6.07) is 2.94. The Hall–Kier alpha value is -1.75. The van der Waals surface area contributed by atoms with Crippen molar-refractivity contribution in [2.24, 2.45) is 0 Å². The van der Waals surface area contributed by atoms with Gasteiger partial charge in [0.1, 0.15) is 11.5 Å². The van der Waals surface area contributed by atoms with Crippen LogP contribution in [-0.4, -0.2) is 29.3 Å². The second-order valence-electron chi connectivity index (χ2n) is 3.23. The number of rotatable bonds is 3. The maximum atomic E-state index is 12.8. The molecule has 0 fully saturated rings. The molecule has 0 atom stereocenters. The van der Waals surface area contributed by atoms with Crippen molar-refractivity contribution in [2.45, 2.75) is 0 Å². The van der Waals surface area contributed by atoms with Gasteiger partial charge in [-0.25, -0.2) is 9.37 Å². The fraction of sp³-hybridized carbons (Fsp3) is 0.200. The van der Waals surface area contributed by atoms with Gasteiger partial charge in [-0.2, -0.15) is 0 Å². The van der Waals surface area contributed by atoms with Crippen LogP contribution in [0.1, 0.15) is 10.5 Å². The molecule has 0 aromatic carbocycles. The lowest BCUT2D eigenvalue weighted by atomic mass is 10.2. The number of aromatic nitrogens is 2. The van der Waals surface area contributed by atoms with Crippen LogP contribution in [0.2, 0.25) is 0 Å². The molecule has 0 amide bonds. The van der Waals surface area contributed by atoms with Crippen molar-refractivity contribution in [1.29, 1.82) is 0 Å². The number of halogens is 1. The Morgan fingerprint density at radius 1 is 1.60 bits per heavy atom. The lowest BCUT2D eigenvalue weighted by molar-refractivity contribution is 0.0989. The molecule has 0 saturated carbocycles. The number of ketones is 1. The smallest absolute Gasteiger partial charge is 0.192 e. The predicted octanol–water partition coefficient (Wildman–Crippen LogP) is 1.10. The number of carbonyl (C=O) groups excluding carboxylic acids is 1. The number of nitrogens with one attached hydrogen (secondary N) is 2. The molecule has 2 N–H and O–H groups in total. The summed E-state index contributed by atoms with van der Waals surface area (Å²) in [6.07, 6.45) is 1.12. The van der Waals surface area contributed by atoms with Crippen molar-refractivity contribution in [3.8, 4) is 0 Å². The van der Waals surface area contributed by atoms with Gasteiger partial charge < -0.3 is 10.3 Å². The minimum Gasteiger partial charge on any atom is -0.337 e. The van der Waals surface area contributed by atoms with Gasteiger partial charge in [-0.15, -0.1) is 0 Å². The quantitative estimate of drug-likeness (QED) is 0.741. The van der Waals surface area contributed by atoms with Crippen LogP contribution >= 0.6 is 0 Å². The third kappa shape index (κ3) is 1.87. The van der Waals surface area contributed by atoms with Crippen LogP contribution in [0, 0.1) is 5.82 Å². The van der Waals surface area contributed by atoms with E-state index in [0.29, 0.717) is 16.7 Å². The zero-order valence-electron chi connectivity index (χ0n) is 8.17. The molecule has 0 bridgehead atoms. The average Bonchev–Trinajstić information content (AvgIpc) is 2.60. The molecule has 0 aliphatic heterocycles. The Morgan fingerprint density at radius 3 is 3.13 bits per heavy atom. The number of pyridine rings is 1. The largest absolute Gasteiger partial charge is 0.337 e. The van der Waals surface area contributed by atoms with Crippen LogP contribution in [0.25, 0.3) is 11.0 Å². The molecule has 0 aliphatic carbocycles. The van der Waals surface area contributed by atoms with Crippen LogP contribution in [0.5, 0.6) is 0 Å². The third-order valence-electron chi connectivity index (χ3n) is 2.07. The minimum atomic E-state index is -0.408. The topological polar surface area (TPSA) is 57.8 Å². The van der Waals surface area contributed by atoms with Gasteiger partial charge in [0.25, 0.3) is 0 Å². The molecule has 0 aliphatic rings. The first-order valence-electron chi connectivity index (χ1n) is 4.53. The second kappa shape index (κ2) is 3.78. The normalized spacial score (nSPS) is 10.8. The fourth-order valence-electron chi connectivity index (χ4n) is 1.39. The Labute approximate surface area is 85.5 Å². The van der Waals surface area contributed by atoms with Crippen molar-refractivity contribution in [1.82, 2.24) is 15.3 Å². The summed E-state index contributed by atoms with van der Waals surface area (Å²) < 4.78 is 12.8. The number of nitrogens with zero attached hydrogens (tertiary/aromatic N) is 1. The first kappa shape index (κ1) is 9.79. The van der Waals surface area contributed by atoms with Crippen LogP contribution < -0.4 is 5.32 Å². The number of Topliss-reactive ketones (excluding diaryl/α,β-unsaturated/α-hetero) is 1. The SMILES string of the molecule is CNCC(=O)c1cc2cc(F)cnc2[nH]1. The highest BCUT2D eigenvalue weighted by Crippen LogP contribution is 2.14. The van der Waals surface area contributed by atoms with Crippen molar-refractivity contribution >= 4 is 16.8 Å². The van der Waals surface area contributed by atoms with Crippen LogP contribution in [0.4, 0.5) is 4.39 Å². The Balaban J connectivity index is 2.42.